The molecular formula is C18H25N3O6. The maximum atomic E-state index is 13.1. The van der Waals surface area contributed by atoms with Crippen LogP contribution in [0.4, 0.5) is 0 Å². The second kappa shape index (κ2) is 7.98. The molecule has 0 spiro atoms. The van der Waals surface area contributed by atoms with E-state index in [2.05, 4.69) is 5.32 Å². The number of carbonyl (C=O) groups excluding carboxylic acids is 1. The zero-order chi connectivity index (χ0) is 19.6. The first-order valence-electron chi connectivity index (χ1n) is 9.51. The number of carboxylic acids is 1. The number of aromatic hydroxyl groups is 1. The molecule has 1 aromatic rings. The Morgan fingerprint density at radius 1 is 0.926 bits per heavy atom. The van der Waals surface area contributed by atoms with Gasteiger partial charge in [0.1, 0.15) is 6.54 Å². The third-order valence-corrected chi connectivity index (χ3v) is 5.55. The van der Waals surface area contributed by atoms with E-state index in [1.54, 1.807) is 0 Å². The molecule has 1 aromatic heterocycles. The molecule has 0 radical (unpaired) electrons. The summed E-state index contributed by atoms with van der Waals surface area (Å²) in [6, 6.07) is -0.572. The molecule has 2 saturated carbocycles. The Bertz CT molecular complexity index is 844. The van der Waals surface area contributed by atoms with E-state index in [1.165, 1.54) is 4.57 Å². The molecule has 2 aliphatic rings. The van der Waals surface area contributed by atoms with Crippen LogP contribution in [0.1, 0.15) is 80.2 Å². The zero-order valence-corrected chi connectivity index (χ0v) is 15.1. The Morgan fingerprint density at radius 2 is 1.44 bits per heavy atom. The Morgan fingerprint density at radius 3 is 2.00 bits per heavy atom. The summed E-state index contributed by atoms with van der Waals surface area (Å²) in [5.41, 5.74) is -1.97. The number of carbonyl (C=O) groups is 2. The van der Waals surface area contributed by atoms with Crippen LogP contribution >= 0.6 is 0 Å². The highest BCUT2D eigenvalue weighted by molar-refractivity contribution is 5.97. The summed E-state index contributed by atoms with van der Waals surface area (Å²) < 4.78 is 2.27. The monoisotopic (exact) mass is 379 g/mol. The van der Waals surface area contributed by atoms with Crippen LogP contribution in [0.2, 0.25) is 0 Å². The summed E-state index contributed by atoms with van der Waals surface area (Å²) in [7, 11) is 0. The molecule has 2 aliphatic carbocycles. The highest BCUT2D eigenvalue weighted by Crippen LogP contribution is 2.32. The van der Waals surface area contributed by atoms with Crippen LogP contribution in [-0.2, 0) is 4.79 Å². The number of nitrogens with one attached hydrogen (secondary N) is 1. The topological polar surface area (TPSA) is 131 Å². The van der Waals surface area contributed by atoms with Gasteiger partial charge in [0.15, 0.2) is 5.56 Å². The molecule has 27 heavy (non-hydrogen) atoms. The largest absolute Gasteiger partial charge is 0.494 e. The number of rotatable bonds is 5. The van der Waals surface area contributed by atoms with E-state index in [0.717, 1.165) is 36.7 Å². The van der Waals surface area contributed by atoms with Gasteiger partial charge in [-0.2, -0.15) is 0 Å². The highest BCUT2D eigenvalue weighted by atomic mass is 16.4. The van der Waals surface area contributed by atoms with Gasteiger partial charge in [-0.3, -0.25) is 23.5 Å². The lowest BCUT2D eigenvalue weighted by atomic mass is 9.95. The van der Waals surface area contributed by atoms with Crippen molar-refractivity contribution in [3.05, 3.63) is 26.4 Å². The maximum absolute atomic E-state index is 13.1. The van der Waals surface area contributed by atoms with Crippen molar-refractivity contribution in [1.82, 2.24) is 14.5 Å². The summed E-state index contributed by atoms with van der Waals surface area (Å²) in [4.78, 5) is 49.2. The molecule has 3 N–H and O–H groups in total. The molecule has 0 unspecified atom stereocenters. The lowest BCUT2D eigenvalue weighted by molar-refractivity contribution is -0.135. The number of amides is 1. The number of carboxylic acid groups (broad SMARTS) is 1. The van der Waals surface area contributed by atoms with Gasteiger partial charge in [0.2, 0.25) is 5.88 Å². The molecule has 0 saturated heterocycles. The Labute approximate surface area is 155 Å². The van der Waals surface area contributed by atoms with Gasteiger partial charge in [0.25, 0.3) is 11.5 Å². The van der Waals surface area contributed by atoms with Gasteiger partial charge in [-0.1, -0.05) is 32.1 Å². The van der Waals surface area contributed by atoms with E-state index < -0.39 is 41.1 Å². The summed E-state index contributed by atoms with van der Waals surface area (Å²) in [6.07, 6.45) is 7.33. The molecule has 0 bridgehead atoms. The predicted octanol–water partition coefficient (Wildman–Crippen LogP) is 1.15. The van der Waals surface area contributed by atoms with Gasteiger partial charge in [-0.25, -0.2) is 4.79 Å². The first-order chi connectivity index (χ1) is 12.9. The fourth-order valence-electron chi connectivity index (χ4n) is 4.23. The van der Waals surface area contributed by atoms with Crippen molar-refractivity contribution < 1.29 is 19.8 Å². The lowest BCUT2D eigenvalue weighted by Gasteiger charge is -2.26. The van der Waals surface area contributed by atoms with Crippen LogP contribution in [0.3, 0.4) is 0 Å². The molecule has 0 aliphatic heterocycles. The fourth-order valence-corrected chi connectivity index (χ4v) is 4.23. The summed E-state index contributed by atoms with van der Waals surface area (Å²) >= 11 is 0. The summed E-state index contributed by atoms with van der Waals surface area (Å²) in [5.74, 6) is -2.90. The van der Waals surface area contributed by atoms with E-state index in [-0.39, 0.29) is 12.1 Å². The second-order valence-electron chi connectivity index (χ2n) is 7.33. The van der Waals surface area contributed by atoms with Crippen LogP contribution < -0.4 is 16.6 Å². The summed E-state index contributed by atoms with van der Waals surface area (Å²) in [5, 5.41) is 21.5. The van der Waals surface area contributed by atoms with E-state index in [9.17, 15) is 24.3 Å². The molecular weight excluding hydrogens is 354 g/mol. The van der Waals surface area contributed by atoms with E-state index in [0.29, 0.717) is 25.7 Å². The minimum atomic E-state index is -1.26. The average molecular weight is 379 g/mol. The first-order valence-corrected chi connectivity index (χ1v) is 9.51. The Hall–Kier alpha value is -2.58. The van der Waals surface area contributed by atoms with Crippen molar-refractivity contribution in [2.75, 3.05) is 6.54 Å². The molecule has 3 rings (SSSR count). The van der Waals surface area contributed by atoms with Crippen LogP contribution in [0.15, 0.2) is 9.59 Å². The Kier molecular flexibility index (Phi) is 5.67. The zero-order valence-electron chi connectivity index (χ0n) is 15.1. The third kappa shape index (κ3) is 3.77. The van der Waals surface area contributed by atoms with Crippen molar-refractivity contribution in [2.45, 2.75) is 69.9 Å². The van der Waals surface area contributed by atoms with Gasteiger partial charge in [-0.15, -0.1) is 0 Å². The number of nitrogens with zero attached hydrogens (tertiary/aromatic N) is 2. The second-order valence-corrected chi connectivity index (χ2v) is 7.33. The number of aliphatic carboxylic acids is 1. The lowest BCUT2D eigenvalue weighted by Crippen LogP contribution is -2.47. The van der Waals surface area contributed by atoms with Gasteiger partial charge in [0.05, 0.1) is 0 Å². The van der Waals surface area contributed by atoms with Crippen molar-refractivity contribution in [3.8, 4) is 5.88 Å². The van der Waals surface area contributed by atoms with Crippen molar-refractivity contribution >= 4 is 11.9 Å². The van der Waals surface area contributed by atoms with E-state index in [1.807, 2.05) is 0 Å². The Balaban J connectivity index is 2.14. The predicted molar refractivity (Wildman–Crippen MR) is 96.2 cm³/mol. The van der Waals surface area contributed by atoms with Gasteiger partial charge >= 0.3 is 11.7 Å². The van der Waals surface area contributed by atoms with Gasteiger partial charge in [-0.05, 0) is 25.7 Å². The highest BCUT2D eigenvalue weighted by Gasteiger charge is 2.31. The molecule has 0 atom stereocenters. The molecule has 1 amide bonds. The molecule has 0 aromatic carbocycles. The summed E-state index contributed by atoms with van der Waals surface area (Å²) in [6.45, 7) is -0.677. The minimum absolute atomic E-state index is 0.265. The molecule has 9 heteroatoms. The van der Waals surface area contributed by atoms with Crippen molar-refractivity contribution in [2.24, 2.45) is 0 Å². The third-order valence-electron chi connectivity index (χ3n) is 5.55. The number of aromatic nitrogens is 2. The fraction of sp³-hybridized carbons (Fsp3) is 0.667. The van der Waals surface area contributed by atoms with Crippen LogP contribution in [-0.4, -0.2) is 37.8 Å². The van der Waals surface area contributed by atoms with Crippen LogP contribution in [0.25, 0.3) is 0 Å². The van der Waals surface area contributed by atoms with Crippen LogP contribution in [0, 0.1) is 0 Å². The normalized spacial score (nSPS) is 18.5. The van der Waals surface area contributed by atoms with Gasteiger partial charge < -0.3 is 15.5 Å². The molecule has 1 heterocycles. The molecule has 2 fully saturated rings. The average Bonchev–Trinajstić information content (AvgIpc) is 3.15. The maximum Gasteiger partial charge on any atom is 0.334 e. The van der Waals surface area contributed by atoms with Crippen molar-refractivity contribution in [1.29, 1.82) is 0 Å². The minimum Gasteiger partial charge on any atom is -0.494 e. The quantitative estimate of drug-likeness (QED) is 0.703. The van der Waals surface area contributed by atoms with Gasteiger partial charge in [0, 0.05) is 12.1 Å². The SMILES string of the molecule is O=C(O)CNC(=O)c1c(O)n(C2CCCC2)c(=O)n(C2CCCCC2)c1=O. The molecule has 9 nitrogen and oxygen atoms in total. The first kappa shape index (κ1) is 19.2. The number of hydrogen-bond acceptors (Lipinski definition) is 5. The van der Waals surface area contributed by atoms with Crippen molar-refractivity contribution in [3.63, 3.8) is 0 Å². The van der Waals surface area contributed by atoms with E-state index in [4.69, 9.17) is 5.11 Å². The van der Waals surface area contributed by atoms with Crippen LogP contribution in [0.5, 0.6) is 5.88 Å². The van der Waals surface area contributed by atoms with E-state index >= 15 is 0 Å². The number of hydrogen-bond donors (Lipinski definition) is 3. The smallest absolute Gasteiger partial charge is 0.334 e. The standard InChI is InChI=1S/C18H25N3O6/c22-13(23)10-19-15(24)14-16(25)20(11-6-2-1-3-7-11)18(27)21(17(14)26)12-8-4-5-9-12/h11-12,26H,1-10H2,(H,19,24)(H,22,23). The molecule has 148 valence electrons.